The molecular formula is C22H26BrNO4S. The molecule has 1 unspecified atom stereocenters. The summed E-state index contributed by atoms with van der Waals surface area (Å²) in [6, 6.07) is 14.8. The molecule has 0 aliphatic carbocycles. The minimum absolute atomic E-state index is 0.100. The van der Waals surface area contributed by atoms with E-state index in [2.05, 4.69) is 15.9 Å². The normalized spacial score (nSPS) is 17.6. The fourth-order valence-electron chi connectivity index (χ4n) is 3.78. The molecule has 29 heavy (non-hydrogen) atoms. The highest BCUT2D eigenvalue weighted by Gasteiger charge is 2.29. The van der Waals surface area contributed by atoms with Crippen LogP contribution in [-0.2, 0) is 20.4 Å². The van der Waals surface area contributed by atoms with Crippen molar-refractivity contribution in [2.45, 2.75) is 37.5 Å². The van der Waals surface area contributed by atoms with E-state index in [1.807, 2.05) is 30.3 Å². The average Bonchev–Trinajstić information content (AvgIpc) is 2.93. The number of methoxy groups -OCH3 is 1. The van der Waals surface area contributed by atoms with E-state index in [4.69, 9.17) is 4.74 Å². The van der Waals surface area contributed by atoms with Gasteiger partial charge in [-0.1, -0.05) is 53.0 Å². The lowest BCUT2D eigenvalue weighted by Gasteiger charge is -2.30. The monoisotopic (exact) mass is 479 g/mol. The van der Waals surface area contributed by atoms with Gasteiger partial charge in [-0.15, -0.1) is 0 Å². The van der Waals surface area contributed by atoms with Crippen LogP contribution >= 0.6 is 15.9 Å². The predicted octanol–water partition coefficient (Wildman–Crippen LogP) is 4.52. The number of hydrogen-bond acceptors (Lipinski definition) is 4. The van der Waals surface area contributed by atoms with Crippen LogP contribution in [0.4, 0.5) is 0 Å². The molecule has 1 fully saturated rings. The van der Waals surface area contributed by atoms with Crippen molar-refractivity contribution >= 4 is 31.7 Å². The van der Waals surface area contributed by atoms with Gasteiger partial charge in [0.2, 0.25) is 5.91 Å². The number of sulfone groups is 1. The number of amides is 1. The largest absolute Gasteiger partial charge is 0.497 e. The Morgan fingerprint density at radius 3 is 2.59 bits per heavy atom. The Bertz CT molecular complexity index is 944. The summed E-state index contributed by atoms with van der Waals surface area (Å²) in [4.78, 5) is 14.8. The maximum Gasteiger partial charge on any atom is 0.238 e. The number of nitrogens with zero attached hydrogens (tertiary/aromatic N) is 1. The third-order valence-corrected chi connectivity index (χ3v) is 7.15. The molecule has 0 spiro atoms. The van der Waals surface area contributed by atoms with E-state index >= 15 is 0 Å². The van der Waals surface area contributed by atoms with Gasteiger partial charge in [0, 0.05) is 11.0 Å². The first kappa shape index (κ1) is 21.8. The highest BCUT2D eigenvalue weighted by molar-refractivity contribution is 9.10. The molecule has 5 nitrogen and oxygen atoms in total. The second-order valence-corrected chi connectivity index (χ2v) is 10.4. The van der Waals surface area contributed by atoms with Gasteiger partial charge in [-0.2, -0.15) is 0 Å². The molecule has 1 saturated heterocycles. The molecule has 1 atom stereocenters. The Balaban J connectivity index is 1.76. The summed E-state index contributed by atoms with van der Waals surface area (Å²) in [6.07, 6.45) is 3.79. The van der Waals surface area contributed by atoms with Gasteiger partial charge in [-0.05, 0) is 48.2 Å². The summed E-state index contributed by atoms with van der Waals surface area (Å²) >= 11 is 3.36. The predicted molar refractivity (Wildman–Crippen MR) is 118 cm³/mol. The van der Waals surface area contributed by atoms with Crippen molar-refractivity contribution < 1.29 is 17.9 Å². The van der Waals surface area contributed by atoms with Gasteiger partial charge < -0.3 is 9.64 Å². The topological polar surface area (TPSA) is 63.7 Å². The van der Waals surface area contributed by atoms with Gasteiger partial charge in [0.05, 0.1) is 18.9 Å². The minimum Gasteiger partial charge on any atom is -0.497 e. The van der Waals surface area contributed by atoms with E-state index in [0.29, 0.717) is 12.1 Å². The van der Waals surface area contributed by atoms with E-state index in [-0.39, 0.29) is 17.7 Å². The fourth-order valence-corrected chi connectivity index (χ4v) is 5.56. The van der Waals surface area contributed by atoms with Crippen LogP contribution in [0.25, 0.3) is 0 Å². The zero-order chi connectivity index (χ0) is 20.9. The molecule has 7 heteroatoms. The lowest BCUT2D eigenvalue weighted by Crippen LogP contribution is -2.38. The lowest BCUT2D eigenvalue weighted by atomic mass is 10.0. The summed E-state index contributed by atoms with van der Waals surface area (Å²) < 4.78 is 31.4. The first-order valence-corrected chi connectivity index (χ1v) is 12.4. The van der Waals surface area contributed by atoms with Crippen molar-refractivity contribution in [3.63, 3.8) is 0 Å². The maximum atomic E-state index is 13.0. The van der Waals surface area contributed by atoms with Crippen LogP contribution in [0.15, 0.2) is 53.0 Å². The quantitative estimate of drug-likeness (QED) is 0.610. The number of likely N-dealkylation sites (tertiary alicyclic amines) is 1. The molecule has 156 valence electrons. The Morgan fingerprint density at radius 1 is 1.14 bits per heavy atom. The number of benzene rings is 2. The first-order valence-electron chi connectivity index (χ1n) is 9.76. The lowest BCUT2D eigenvalue weighted by molar-refractivity contribution is -0.130. The van der Waals surface area contributed by atoms with E-state index < -0.39 is 15.6 Å². The maximum absolute atomic E-state index is 13.0. The van der Waals surface area contributed by atoms with E-state index in [1.165, 1.54) is 0 Å². The molecule has 0 radical (unpaired) electrons. The van der Waals surface area contributed by atoms with E-state index in [9.17, 15) is 13.2 Å². The SMILES string of the molecule is COc1ccc(C2CCCCCN2C(=O)CS(=O)(=O)Cc2cccc(Br)c2)cc1. The van der Waals surface area contributed by atoms with Crippen LogP contribution in [0.3, 0.4) is 0 Å². The Kier molecular flexibility index (Phi) is 7.35. The van der Waals surface area contributed by atoms with Crippen molar-refractivity contribution in [2.75, 3.05) is 19.4 Å². The fraction of sp³-hybridized carbons (Fsp3) is 0.409. The summed E-state index contributed by atoms with van der Waals surface area (Å²) in [5.74, 6) is -0.162. The van der Waals surface area contributed by atoms with Crippen molar-refractivity contribution in [1.29, 1.82) is 0 Å². The third-order valence-electron chi connectivity index (χ3n) is 5.19. The highest BCUT2D eigenvalue weighted by Crippen LogP contribution is 2.31. The number of carbonyl (C=O) groups is 1. The van der Waals surface area contributed by atoms with Crippen LogP contribution in [0, 0.1) is 0 Å². The summed E-state index contributed by atoms with van der Waals surface area (Å²) in [7, 11) is -1.94. The van der Waals surface area contributed by atoms with Gasteiger partial charge in [0.1, 0.15) is 11.5 Å². The first-order chi connectivity index (χ1) is 13.9. The van der Waals surface area contributed by atoms with Crippen LogP contribution < -0.4 is 4.74 Å². The van der Waals surface area contributed by atoms with Crippen LogP contribution in [-0.4, -0.2) is 38.6 Å². The molecule has 1 amide bonds. The minimum atomic E-state index is -3.56. The zero-order valence-electron chi connectivity index (χ0n) is 16.5. The molecule has 1 aliphatic heterocycles. The highest BCUT2D eigenvalue weighted by atomic mass is 79.9. The van der Waals surface area contributed by atoms with Gasteiger partial charge in [-0.3, -0.25) is 4.79 Å². The van der Waals surface area contributed by atoms with E-state index in [0.717, 1.165) is 41.5 Å². The molecule has 2 aromatic carbocycles. The number of hydrogen-bond donors (Lipinski definition) is 0. The van der Waals surface area contributed by atoms with Crippen molar-refractivity contribution in [2.24, 2.45) is 0 Å². The molecular weight excluding hydrogens is 454 g/mol. The number of rotatable bonds is 6. The Hall–Kier alpha value is -1.86. The van der Waals surface area contributed by atoms with Gasteiger partial charge in [-0.25, -0.2) is 8.42 Å². The smallest absolute Gasteiger partial charge is 0.238 e. The van der Waals surface area contributed by atoms with E-state index in [1.54, 1.807) is 30.2 Å². The number of ether oxygens (including phenoxy) is 1. The van der Waals surface area contributed by atoms with Gasteiger partial charge >= 0.3 is 0 Å². The molecule has 0 bridgehead atoms. The second kappa shape index (κ2) is 9.76. The van der Waals surface area contributed by atoms with Crippen LogP contribution in [0.2, 0.25) is 0 Å². The summed E-state index contributed by atoms with van der Waals surface area (Å²) in [6.45, 7) is 0.585. The average molecular weight is 480 g/mol. The summed E-state index contributed by atoms with van der Waals surface area (Å²) in [5, 5.41) is 0. The summed E-state index contributed by atoms with van der Waals surface area (Å²) in [5.41, 5.74) is 1.69. The molecule has 0 N–H and O–H groups in total. The van der Waals surface area contributed by atoms with Crippen LogP contribution in [0.1, 0.15) is 42.9 Å². The molecule has 0 aromatic heterocycles. The molecule has 0 saturated carbocycles. The van der Waals surface area contributed by atoms with Gasteiger partial charge in [0.15, 0.2) is 9.84 Å². The molecule has 1 aliphatic rings. The van der Waals surface area contributed by atoms with Crippen molar-refractivity contribution in [1.82, 2.24) is 4.90 Å². The van der Waals surface area contributed by atoms with Crippen molar-refractivity contribution in [3.05, 3.63) is 64.1 Å². The molecule has 1 heterocycles. The van der Waals surface area contributed by atoms with Crippen LogP contribution in [0.5, 0.6) is 5.75 Å². The second-order valence-electron chi connectivity index (χ2n) is 7.39. The molecule has 2 aromatic rings. The number of halogens is 1. The zero-order valence-corrected chi connectivity index (χ0v) is 18.9. The Labute approximate surface area is 181 Å². The van der Waals surface area contributed by atoms with Crippen molar-refractivity contribution in [3.8, 4) is 5.75 Å². The third kappa shape index (κ3) is 6.06. The Morgan fingerprint density at radius 2 is 1.90 bits per heavy atom. The standard InChI is InChI=1S/C22H26BrNO4S/c1-28-20-11-9-18(10-12-20)21-8-3-2-4-13-24(21)22(25)16-29(26,27)15-17-6-5-7-19(23)14-17/h5-7,9-12,14,21H,2-4,8,13,15-16H2,1H3. The number of carbonyl (C=O) groups excluding carboxylic acids is 1. The molecule has 3 rings (SSSR count). The van der Waals surface area contributed by atoms with Gasteiger partial charge in [0.25, 0.3) is 0 Å².